The van der Waals surface area contributed by atoms with Crippen LogP contribution in [-0.4, -0.2) is 49.6 Å². The second kappa shape index (κ2) is 11.3. The summed E-state index contributed by atoms with van der Waals surface area (Å²) in [6.07, 6.45) is 0. The zero-order valence-electron chi connectivity index (χ0n) is 13.9. The average Bonchev–Trinajstić information content (AvgIpc) is 3.02. The van der Waals surface area contributed by atoms with Crippen molar-refractivity contribution in [1.82, 2.24) is 15.2 Å². The van der Waals surface area contributed by atoms with Gasteiger partial charge in [-0.3, -0.25) is 4.79 Å². The number of hydrogen-bond donors (Lipinski definition) is 1. The van der Waals surface area contributed by atoms with E-state index in [0.29, 0.717) is 18.8 Å². The van der Waals surface area contributed by atoms with Crippen LogP contribution in [-0.2, 0) is 0 Å². The first-order valence-electron chi connectivity index (χ1n) is 7.24. The molecule has 1 heterocycles. The van der Waals surface area contributed by atoms with Crippen LogP contribution in [0, 0.1) is 0 Å². The Balaban J connectivity index is 0.00000264. The van der Waals surface area contributed by atoms with Crippen LogP contribution in [0.1, 0.15) is 17.4 Å². The van der Waals surface area contributed by atoms with Crippen molar-refractivity contribution in [2.45, 2.75) is 6.92 Å². The number of aromatic nitrogens is 1. The van der Waals surface area contributed by atoms with Crippen molar-refractivity contribution in [2.24, 2.45) is 0 Å². The van der Waals surface area contributed by atoms with Crippen LogP contribution in [0.5, 0.6) is 5.75 Å². The minimum Gasteiger partial charge on any atom is -0.494 e. The number of rotatable bonds is 7. The Hall–Kier alpha value is -1.34. The van der Waals surface area contributed by atoms with Gasteiger partial charge in [-0.25, -0.2) is 4.98 Å². The SMILES string of the molecule is CCOc1ccc(-c2nc(C(=O)N(C)CCNC)cs2)cc1.Cl.Cl. The second-order valence-electron chi connectivity index (χ2n) is 4.83. The van der Waals surface area contributed by atoms with Crippen LogP contribution in [0.2, 0.25) is 0 Å². The van der Waals surface area contributed by atoms with Crippen LogP contribution < -0.4 is 10.1 Å². The molecule has 0 saturated carbocycles. The monoisotopic (exact) mass is 391 g/mol. The molecule has 2 rings (SSSR count). The molecular weight excluding hydrogens is 369 g/mol. The first kappa shape index (κ1) is 22.7. The lowest BCUT2D eigenvalue weighted by atomic mass is 10.2. The molecule has 5 nitrogen and oxygen atoms in total. The van der Waals surface area contributed by atoms with Crippen LogP contribution in [0.15, 0.2) is 29.6 Å². The van der Waals surface area contributed by atoms with E-state index in [2.05, 4.69) is 10.3 Å². The minimum atomic E-state index is -0.0521. The molecule has 0 spiro atoms. The van der Waals surface area contributed by atoms with E-state index in [0.717, 1.165) is 22.9 Å². The Kier molecular flexibility index (Phi) is 10.6. The summed E-state index contributed by atoms with van der Waals surface area (Å²) in [5.74, 6) is 0.787. The number of carbonyl (C=O) groups is 1. The molecule has 2 aromatic rings. The fourth-order valence-electron chi connectivity index (χ4n) is 1.94. The Morgan fingerprint density at radius 2 is 1.96 bits per heavy atom. The van der Waals surface area contributed by atoms with E-state index in [1.165, 1.54) is 11.3 Å². The van der Waals surface area contributed by atoms with Crippen molar-refractivity contribution in [1.29, 1.82) is 0 Å². The normalized spacial score (nSPS) is 9.62. The molecule has 1 amide bonds. The maximum atomic E-state index is 12.3. The van der Waals surface area contributed by atoms with E-state index < -0.39 is 0 Å². The summed E-state index contributed by atoms with van der Waals surface area (Å²) >= 11 is 1.48. The molecule has 0 aliphatic heterocycles. The number of benzene rings is 1. The van der Waals surface area contributed by atoms with Gasteiger partial charge in [0, 0.05) is 31.1 Å². The van der Waals surface area contributed by atoms with Crippen molar-refractivity contribution in [2.75, 3.05) is 33.8 Å². The summed E-state index contributed by atoms with van der Waals surface area (Å²) in [4.78, 5) is 18.4. The van der Waals surface area contributed by atoms with Crippen molar-refractivity contribution in [3.8, 4) is 16.3 Å². The van der Waals surface area contributed by atoms with Gasteiger partial charge >= 0.3 is 0 Å². The number of hydrogen-bond acceptors (Lipinski definition) is 5. The standard InChI is InChI=1S/C16H21N3O2S.2ClH/c1-4-21-13-7-5-12(6-8-13)15-18-14(11-22-15)16(20)19(3)10-9-17-2;;/h5-8,11,17H,4,9-10H2,1-3H3;2*1H. The predicted octanol–water partition coefficient (Wildman–Crippen LogP) is 3.34. The smallest absolute Gasteiger partial charge is 0.273 e. The molecule has 24 heavy (non-hydrogen) atoms. The van der Waals surface area contributed by atoms with Crippen LogP contribution in [0.4, 0.5) is 0 Å². The van der Waals surface area contributed by atoms with E-state index in [-0.39, 0.29) is 30.7 Å². The summed E-state index contributed by atoms with van der Waals surface area (Å²) in [5.41, 5.74) is 1.48. The van der Waals surface area contributed by atoms with Gasteiger partial charge in [0.15, 0.2) is 0 Å². The zero-order valence-corrected chi connectivity index (χ0v) is 16.4. The quantitative estimate of drug-likeness (QED) is 0.785. The van der Waals surface area contributed by atoms with E-state index in [4.69, 9.17) is 4.74 Å². The maximum Gasteiger partial charge on any atom is 0.273 e. The summed E-state index contributed by atoms with van der Waals surface area (Å²) in [5, 5.41) is 5.68. The van der Waals surface area contributed by atoms with E-state index in [1.54, 1.807) is 11.9 Å². The Bertz CT molecular complexity index is 620. The maximum absolute atomic E-state index is 12.3. The molecule has 0 saturated heterocycles. The lowest BCUT2D eigenvalue weighted by molar-refractivity contribution is 0.0792. The van der Waals surface area contributed by atoms with E-state index >= 15 is 0 Å². The third kappa shape index (κ3) is 5.94. The highest BCUT2D eigenvalue weighted by atomic mass is 35.5. The molecule has 0 bridgehead atoms. The topological polar surface area (TPSA) is 54.5 Å². The molecule has 8 heteroatoms. The van der Waals surface area contributed by atoms with Gasteiger partial charge < -0.3 is 15.0 Å². The van der Waals surface area contributed by atoms with Gasteiger partial charge in [0.2, 0.25) is 0 Å². The number of carbonyl (C=O) groups excluding carboxylic acids is 1. The lowest BCUT2D eigenvalue weighted by Gasteiger charge is -2.15. The average molecular weight is 392 g/mol. The third-order valence-corrected chi connectivity index (χ3v) is 4.07. The molecule has 0 atom stereocenters. The molecular formula is C16H23Cl2N3O2S. The van der Waals surface area contributed by atoms with Gasteiger partial charge in [0.25, 0.3) is 5.91 Å². The van der Waals surface area contributed by atoms with Crippen molar-refractivity contribution in [3.63, 3.8) is 0 Å². The minimum absolute atomic E-state index is 0. The van der Waals surface area contributed by atoms with Gasteiger partial charge in [-0.2, -0.15) is 0 Å². The molecule has 0 aliphatic rings. The fraction of sp³-hybridized carbons (Fsp3) is 0.375. The van der Waals surface area contributed by atoms with Gasteiger partial charge in [-0.1, -0.05) is 0 Å². The molecule has 0 fully saturated rings. The van der Waals surface area contributed by atoms with Crippen molar-refractivity contribution >= 4 is 42.1 Å². The highest BCUT2D eigenvalue weighted by Crippen LogP contribution is 2.26. The van der Waals surface area contributed by atoms with Crippen LogP contribution in [0.25, 0.3) is 10.6 Å². The summed E-state index contributed by atoms with van der Waals surface area (Å²) < 4.78 is 5.43. The van der Waals surface area contributed by atoms with E-state index in [9.17, 15) is 4.79 Å². The Labute approximate surface area is 159 Å². The first-order chi connectivity index (χ1) is 10.7. The Morgan fingerprint density at radius 3 is 2.54 bits per heavy atom. The van der Waals surface area contributed by atoms with Gasteiger partial charge in [-0.15, -0.1) is 36.2 Å². The van der Waals surface area contributed by atoms with Crippen LogP contribution >= 0.6 is 36.2 Å². The van der Waals surface area contributed by atoms with Gasteiger partial charge in [-0.05, 0) is 38.2 Å². The molecule has 1 aromatic carbocycles. The largest absolute Gasteiger partial charge is 0.494 e. The molecule has 134 valence electrons. The lowest BCUT2D eigenvalue weighted by Crippen LogP contribution is -2.32. The van der Waals surface area contributed by atoms with Crippen molar-refractivity contribution in [3.05, 3.63) is 35.3 Å². The number of amides is 1. The number of ether oxygens (including phenoxy) is 1. The highest BCUT2D eigenvalue weighted by Gasteiger charge is 2.15. The van der Waals surface area contributed by atoms with Gasteiger partial charge in [0.05, 0.1) is 6.61 Å². The third-order valence-electron chi connectivity index (χ3n) is 3.18. The summed E-state index contributed by atoms with van der Waals surface area (Å²) in [6.45, 7) is 4.02. The number of thiazole rings is 1. The number of nitrogens with zero attached hydrogens (tertiary/aromatic N) is 2. The molecule has 0 unspecified atom stereocenters. The first-order valence-corrected chi connectivity index (χ1v) is 8.12. The molecule has 1 aromatic heterocycles. The fourth-order valence-corrected chi connectivity index (χ4v) is 2.74. The summed E-state index contributed by atoms with van der Waals surface area (Å²) in [6, 6.07) is 7.76. The number of halogens is 2. The molecule has 0 radical (unpaired) electrons. The number of likely N-dealkylation sites (N-methyl/N-ethyl adjacent to an activating group) is 2. The predicted molar refractivity (Wildman–Crippen MR) is 104 cm³/mol. The Morgan fingerprint density at radius 1 is 1.29 bits per heavy atom. The molecule has 1 N–H and O–H groups in total. The van der Waals surface area contributed by atoms with Crippen molar-refractivity contribution < 1.29 is 9.53 Å². The second-order valence-corrected chi connectivity index (χ2v) is 5.68. The highest BCUT2D eigenvalue weighted by molar-refractivity contribution is 7.13. The summed E-state index contributed by atoms with van der Waals surface area (Å²) in [7, 11) is 3.65. The number of nitrogens with one attached hydrogen (secondary N) is 1. The van der Waals surface area contributed by atoms with Gasteiger partial charge in [0.1, 0.15) is 16.5 Å². The van der Waals surface area contributed by atoms with E-state index in [1.807, 2.05) is 43.6 Å². The van der Waals surface area contributed by atoms with Crippen LogP contribution in [0.3, 0.4) is 0 Å². The zero-order chi connectivity index (χ0) is 15.9. The molecule has 0 aliphatic carbocycles.